The summed E-state index contributed by atoms with van der Waals surface area (Å²) < 4.78 is 17.8. The van der Waals surface area contributed by atoms with E-state index in [0.29, 0.717) is 5.52 Å². The minimum absolute atomic E-state index is 0.112. The van der Waals surface area contributed by atoms with Gasteiger partial charge in [-0.2, -0.15) is 10.4 Å². The van der Waals surface area contributed by atoms with Crippen LogP contribution in [-0.4, -0.2) is 73.4 Å². The van der Waals surface area contributed by atoms with Crippen LogP contribution in [0.5, 0.6) is 0 Å². The number of nitrogen functional groups attached to an aromatic ring is 1. The topological polar surface area (TPSA) is 194 Å². The average molecular weight is 491 g/mol. The Labute approximate surface area is 201 Å². The Morgan fingerprint density at radius 2 is 2.09 bits per heavy atom. The standard InChI is InChI=1S/C22H30N6O7/c1-11(2)15(27-20(32)35-21(3,4)5)19(31)33-16-13(8-29)34-22(9-23,17(16)30)14-7-6-12-18(24)25-10-26-28(12)14/h6-7,10-11,13,15-17,29-30H,8H2,1-5H3,(H,27,32)(H2,24,25,26)/t13-,15+,16-,17-,22+/m1/s1. The summed E-state index contributed by atoms with van der Waals surface area (Å²) >= 11 is 0. The van der Waals surface area contributed by atoms with Crippen LogP contribution in [-0.2, 0) is 24.6 Å². The summed E-state index contributed by atoms with van der Waals surface area (Å²) in [6.45, 7) is 7.75. The molecule has 1 fully saturated rings. The number of fused-ring (bicyclic) bond motifs is 1. The van der Waals surface area contributed by atoms with Gasteiger partial charge >= 0.3 is 12.1 Å². The maximum atomic E-state index is 13.0. The number of nitriles is 1. The number of hydrogen-bond donors (Lipinski definition) is 4. The summed E-state index contributed by atoms with van der Waals surface area (Å²) in [5.41, 5.74) is 3.51. The van der Waals surface area contributed by atoms with Crippen LogP contribution >= 0.6 is 0 Å². The third-order valence-corrected chi connectivity index (χ3v) is 5.48. The molecular weight excluding hydrogens is 460 g/mol. The lowest BCUT2D eigenvalue weighted by molar-refractivity contribution is -0.160. The Morgan fingerprint density at radius 3 is 2.66 bits per heavy atom. The molecule has 35 heavy (non-hydrogen) atoms. The molecule has 1 amide bonds. The highest BCUT2D eigenvalue weighted by atomic mass is 16.6. The normalized spacial score (nSPS) is 25.3. The maximum absolute atomic E-state index is 13.0. The van der Waals surface area contributed by atoms with Crippen molar-refractivity contribution >= 4 is 23.4 Å². The number of aliphatic hydroxyl groups is 2. The molecule has 1 aliphatic rings. The molecule has 190 valence electrons. The second-order valence-electron chi connectivity index (χ2n) is 9.56. The van der Waals surface area contributed by atoms with Gasteiger partial charge < -0.3 is 35.5 Å². The molecule has 3 heterocycles. The van der Waals surface area contributed by atoms with Crippen molar-refractivity contribution in [3.8, 4) is 6.07 Å². The fourth-order valence-corrected chi connectivity index (χ4v) is 3.83. The van der Waals surface area contributed by atoms with Crippen LogP contribution in [0.3, 0.4) is 0 Å². The number of amides is 1. The molecule has 1 aliphatic heterocycles. The van der Waals surface area contributed by atoms with Crippen molar-refractivity contribution in [1.82, 2.24) is 19.9 Å². The SMILES string of the molecule is CC(C)[C@H](NC(=O)OC(C)(C)C)C(=O)O[C@H]1[C@@H](O)[C@](C#N)(c2ccc3c(N)ncnn23)O[C@@H]1CO. The van der Waals surface area contributed by atoms with Crippen LogP contribution < -0.4 is 11.1 Å². The first kappa shape index (κ1) is 26.1. The summed E-state index contributed by atoms with van der Waals surface area (Å²) in [5, 5.41) is 37.7. The molecule has 1 saturated heterocycles. The Bertz CT molecular complexity index is 1140. The van der Waals surface area contributed by atoms with Gasteiger partial charge in [-0.3, -0.25) is 0 Å². The predicted octanol–water partition coefficient (Wildman–Crippen LogP) is 0.243. The van der Waals surface area contributed by atoms with E-state index in [-0.39, 0.29) is 11.5 Å². The van der Waals surface area contributed by atoms with E-state index in [1.807, 2.05) is 6.07 Å². The maximum Gasteiger partial charge on any atom is 0.408 e. The summed E-state index contributed by atoms with van der Waals surface area (Å²) in [4.78, 5) is 29.1. The van der Waals surface area contributed by atoms with Gasteiger partial charge in [0.2, 0.25) is 5.60 Å². The van der Waals surface area contributed by atoms with Crippen molar-refractivity contribution in [1.29, 1.82) is 5.26 Å². The Hall–Kier alpha value is -3.47. The quantitative estimate of drug-likeness (QED) is 0.405. The zero-order valence-corrected chi connectivity index (χ0v) is 20.1. The summed E-state index contributed by atoms with van der Waals surface area (Å²) in [6, 6.07) is 3.83. The lowest BCUT2D eigenvalue weighted by Gasteiger charge is -2.28. The number of aliphatic hydroxyl groups excluding tert-OH is 2. The van der Waals surface area contributed by atoms with Crippen molar-refractivity contribution in [3.63, 3.8) is 0 Å². The molecule has 3 rings (SSSR count). The van der Waals surface area contributed by atoms with Crippen molar-refractivity contribution in [3.05, 3.63) is 24.2 Å². The van der Waals surface area contributed by atoms with Gasteiger partial charge in [0.15, 0.2) is 11.9 Å². The lowest BCUT2D eigenvalue weighted by atomic mass is 9.92. The number of nitrogens with one attached hydrogen (secondary N) is 1. The molecular formula is C22H30N6O7. The van der Waals surface area contributed by atoms with Gasteiger partial charge in [-0.25, -0.2) is 19.1 Å². The zero-order chi connectivity index (χ0) is 26.1. The minimum atomic E-state index is -2.04. The number of hydrogen-bond acceptors (Lipinski definition) is 11. The fraction of sp³-hybridized carbons (Fsp3) is 0.591. The van der Waals surface area contributed by atoms with Gasteiger partial charge in [0.1, 0.15) is 41.8 Å². The van der Waals surface area contributed by atoms with E-state index in [2.05, 4.69) is 15.4 Å². The second-order valence-corrected chi connectivity index (χ2v) is 9.56. The molecule has 0 bridgehead atoms. The van der Waals surface area contributed by atoms with Crippen molar-refractivity contribution in [2.45, 2.75) is 70.2 Å². The van der Waals surface area contributed by atoms with E-state index in [1.165, 1.54) is 16.9 Å². The number of nitrogens with two attached hydrogens (primary N) is 1. The summed E-state index contributed by atoms with van der Waals surface area (Å²) in [5.74, 6) is -1.16. The Kier molecular flexibility index (Phi) is 7.21. The largest absolute Gasteiger partial charge is 0.455 e. The first-order chi connectivity index (χ1) is 16.3. The van der Waals surface area contributed by atoms with Crippen LogP contribution in [0.15, 0.2) is 18.5 Å². The molecule has 2 aromatic heterocycles. The molecule has 2 aromatic rings. The van der Waals surface area contributed by atoms with Gasteiger partial charge in [-0.15, -0.1) is 0 Å². The van der Waals surface area contributed by atoms with Crippen LogP contribution in [0, 0.1) is 17.2 Å². The summed E-state index contributed by atoms with van der Waals surface area (Å²) in [6.07, 6.45) is -4.03. The van der Waals surface area contributed by atoms with E-state index in [9.17, 15) is 25.1 Å². The molecule has 5 N–H and O–H groups in total. The number of esters is 1. The van der Waals surface area contributed by atoms with E-state index in [1.54, 1.807) is 40.7 Å². The highest BCUT2D eigenvalue weighted by Gasteiger charge is 2.59. The van der Waals surface area contributed by atoms with Crippen LogP contribution in [0.4, 0.5) is 10.6 Å². The molecule has 0 saturated carbocycles. The molecule has 5 atom stereocenters. The first-order valence-electron chi connectivity index (χ1n) is 11.0. The third kappa shape index (κ3) is 5.00. The minimum Gasteiger partial charge on any atom is -0.455 e. The van der Waals surface area contributed by atoms with Crippen molar-refractivity contribution < 1.29 is 34.0 Å². The van der Waals surface area contributed by atoms with E-state index < -0.39 is 60.1 Å². The third-order valence-electron chi connectivity index (χ3n) is 5.48. The number of anilines is 1. The molecule has 0 radical (unpaired) electrons. The fourth-order valence-electron chi connectivity index (χ4n) is 3.83. The molecule has 13 nitrogen and oxygen atoms in total. The van der Waals surface area contributed by atoms with E-state index in [0.717, 1.165) is 0 Å². The number of ether oxygens (including phenoxy) is 3. The van der Waals surface area contributed by atoms with E-state index in [4.69, 9.17) is 19.9 Å². The highest BCUT2D eigenvalue weighted by molar-refractivity contribution is 5.82. The van der Waals surface area contributed by atoms with Gasteiger partial charge in [0, 0.05) is 0 Å². The molecule has 0 unspecified atom stereocenters. The van der Waals surface area contributed by atoms with Crippen LogP contribution in [0.25, 0.3) is 5.52 Å². The van der Waals surface area contributed by atoms with Gasteiger partial charge in [-0.1, -0.05) is 13.8 Å². The molecule has 0 aromatic carbocycles. The van der Waals surface area contributed by atoms with Crippen LogP contribution in [0.2, 0.25) is 0 Å². The Morgan fingerprint density at radius 1 is 1.40 bits per heavy atom. The Balaban J connectivity index is 1.89. The van der Waals surface area contributed by atoms with E-state index >= 15 is 0 Å². The second kappa shape index (κ2) is 9.65. The molecule has 13 heteroatoms. The average Bonchev–Trinajstić information content (AvgIpc) is 3.32. The van der Waals surface area contributed by atoms with Crippen LogP contribution in [0.1, 0.15) is 40.3 Å². The van der Waals surface area contributed by atoms with Crippen molar-refractivity contribution in [2.75, 3.05) is 12.3 Å². The smallest absolute Gasteiger partial charge is 0.408 e. The zero-order valence-electron chi connectivity index (χ0n) is 20.1. The van der Waals surface area contributed by atoms with Gasteiger partial charge in [0.05, 0.1) is 12.3 Å². The number of carbonyl (C=O) groups excluding carboxylic acids is 2. The number of rotatable bonds is 6. The number of alkyl carbamates (subject to hydrolysis) is 1. The number of aromatic nitrogens is 3. The number of carbonyl (C=O) groups is 2. The molecule has 0 spiro atoms. The predicted molar refractivity (Wildman–Crippen MR) is 121 cm³/mol. The highest BCUT2D eigenvalue weighted by Crippen LogP contribution is 2.41. The van der Waals surface area contributed by atoms with Crippen molar-refractivity contribution in [2.24, 2.45) is 5.92 Å². The lowest BCUT2D eigenvalue weighted by Crippen LogP contribution is -2.50. The summed E-state index contributed by atoms with van der Waals surface area (Å²) in [7, 11) is 0. The molecule has 0 aliphatic carbocycles. The first-order valence-corrected chi connectivity index (χ1v) is 11.0. The van der Waals surface area contributed by atoms with Gasteiger partial charge in [0.25, 0.3) is 0 Å². The van der Waals surface area contributed by atoms with Gasteiger partial charge in [-0.05, 0) is 38.8 Å². The number of nitrogens with zero attached hydrogens (tertiary/aromatic N) is 4. The monoisotopic (exact) mass is 490 g/mol.